The number of allylic oxidation sites excluding steroid dienone is 2. The Labute approximate surface area is 500 Å². The molecule has 8 bridgehead atoms. The Kier molecular flexibility index (Phi) is 10.9. The lowest BCUT2D eigenvalue weighted by atomic mass is 9.90. The van der Waals surface area contributed by atoms with E-state index in [-0.39, 0.29) is 62.4 Å². The molecule has 2 aliphatic heterocycles. The summed E-state index contributed by atoms with van der Waals surface area (Å²) in [6.07, 6.45) is 0. The van der Waals surface area contributed by atoms with Gasteiger partial charge < -0.3 is 9.97 Å². The van der Waals surface area contributed by atoms with Crippen LogP contribution in [0.1, 0.15) is 45.4 Å². The summed E-state index contributed by atoms with van der Waals surface area (Å²) in [7, 11) is 0. The number of hydrogen-bond acceptors (Lipinski definition) is 9. The average molecular weight is 1120 g/mol. The van der Waals surface area contributed by atoms with Crippen molar-refractivity contribution in [2.45, 2.75) is 0 Å². The van der Waals surface area contributed by atoms with Crippen molar-refractivity contribution in [1.82, 2.24) is 34.9 Å². The van der Waals surface area contributed by atoms with Crippen LogP contribution in [0.3, 0.4) is 0 Å². The third kappa shape index (κ3) is 7.36. The van der Waals surface area contributed by atoms with Gasteiger partial charge in [0, 0.05) is 22.3 Å². The third-order valence-electron chi connectivity index (χ3n) is 17.4. The predicted molar refractivity (Wildman–Crippen MR) is 351 cm³/mol. The molecule has 0 amide bonds. The first kappa shape index (κ1) is 49.7. The van der Waals surface area contributed by atoms with Crippen LogP contribution < -0.4 is 0 Å². The molecule has 0 aliphatic carbocycles. The summed E-state index contributed by atoms with van der Waals surface area (Å²) in [4.78, 5) is 34.0. The number of aromatic nitrogens is 7. The van der Waals surface area contributed by atoms with Gasteiger partial charge in [-0.1, -0.05) is 194 Å². The summed E-state index contributed by atoms with van der Waals surface area (Å²) in [5, 5.41) is 62.3. The summed E-state index contributed by atoms with van der Waals surface area (Å²) in [6, 6.07) is 85.1. The molecule has 0 saturated heterocycles. The lowest BCUT2D eigenvalue weighted by Gasteiger charge is -2.12. The number of fused-ring (bicyclic) bond motifs is 20. The molecule has 12 aromatic carbocycles. The van der Waals surface area contributed by atoms with E-state index in [2.05, 4.69) is 113 Å². The van der Waals surface area contributed by atoms with Crippen LogP contribution in [0.25, 0.3) is 153 Å². The van der Waals surface area contributed by atoms with Gasteiger partial charge in [-0.25, -0.2) is 24.9 Å². The fourth-order valence-electron chi connectivity index (χ4n) is 13.6. The van der Waals surface area contributed by atoms with Crippen molar-refractivity contribution in [3.05, 3.63) is 270 Å². The first-order chi connectivity index (χ1) is 43.5. The first-order valence-corrected chi connectivity index (χ1v) is 28.6. The van der Waals surface area contributed by atoms with Crippen LogP contribution in [0.2, 0.25) is 0 Å². The Morgan fingerprint density at radius 1 is 0.273 bits per heavy atom. The quantitative estimate of drug-likeness (QED) is 0.161. The number of aromatic amines is 2. The zero-order chi connectivity index (χ0) is 58.7. The molecule has 11 nitrogen and oxygen atoms in total. The molecule has 0 atom stereocenters. The molecule has 0 fully saturated rings. The summed E-state index contributed by atoms with van der Waals surface area (Å²) >= 11 is 0. The first-order valence-electron chi connectivity index (χ1n) is 28.6. The second-order valence-corrected chi connectivity index (χ2v) is 22.0. The SMILES string of the molecule is N#CC1=C(c2cc3ccccc3c3ccccc23)c2nc1cc1[nH]c(nc3nc(nc4[nH]c(n2)c(C#N)c4-c2cc4ccccc4c4ccccc24)C(C#N)=C3c2cc3ccccc3c3ccccc23)c(C#N)c1-c1cc2ccccc2c2ccccc12. The molecule has 0 saturated carbocycles. The molecule has 15 aromatic rings. The van der Waals surface area contributed by atoms with Crippen LogP contribution in [-0.4, -0.2) is 34.9 Å². The molecule has 402 valence electrons. The number of nitriles is 4. The van der Waals surface area contributed by atoms with E-state index >= 15 is 0 Å². The van der Waals surface area contributed by atoms with Crippen LogP contribution >= 0.6 is 0 Å². The highest BCUT2D eigenvalue weighted by molar-refractivity contribution is 6.21. The fourth-order valence-corrected chi connectivity index (χ4v) is 13.6. The summed E-state index contributed by atoms with van der Waals surface area (Å²) in [5.41, 5.74) is 6.38. The molecule has 88 heavy (non-hydrogen) atoms. The van der Waals surface area contributed by atoms with Gasteiger partial charge in [-0.3, -0.25) is 0 Å². The third-order valence-corrected chi connectivity index (χ3v) is 17.4. The van der Waals surface area contributed by atoms with E-state index in [9.17, 15) is 21.0 Å². The Morgan fingerprint density at radius 3 is 1.06 bits per heavy atom. The van der Waals surface area contributed by atoms with Crippen LogP contribution in [0.4, 0.5) is 0 Å². The van der Waals surface area contributed by atoms with E-state index < -0.39 is 0 Å². The average Bonchev–Trinajstić information content (AvgIpc) is 1.93. The number of hydrogen-bond donors (Lipinski definition) is 2. The zero-order valence-corrected chi connectivity index (χ0v) is 46.4. The zero-order valence-electron chi connectivity index (χ0n) is 46.4. The molecule has 3 aromatic heterocycles. The minimum atomic E-state index is 0.0191. The summed E-state index contributed by atoms with van der Waals surface area (Å²) < 4.78 is 0. The van der Waals surface area contributed by atoms with Crippen LogP contribution in [-0.2, 0) is 0 Å². The largest absolute Gasteiger partial charge is 0.338 e. The standard InChI is InChI=1S/C77H39N11/c78-38-62-66-37-67-68(58-33-42-17-1-5-21-46(42)50-25-9-13-29-54(50)58)63(39-79)72(83-67)84-76-70(60-35-44-19-3-7-23-48(44)52-27-11-15-31-56(52)60)65(41-81)74(87-76)88-77-71(61-36-45-20-4-8-24-49(45)53-28-12-16-32-57(53)61)64(40-80)73(86-77)85-75(82-66)69(62)59-34-43-18-2-6-22-47(43)51-26-10-14-30-55(51)59/h1-37H,(H2,82,83,84,85,86,87,88). The van der Waals surface area contributed by atoms with E-state index in [0.717, 1.165) is 91.7 Å². The molecule has 0 spiro atoms. The number of nitrogens with zero attached hydrogens (tertiary/aromatic N) is 9. The minimum absolute atomic E-state index is 0.0191. The van der Waals surface area contributed by atoms with Gasteiger partial charge in [0.05, 0.1) is 16.8 Å². The molecule has 2 aliphatic rings. The number of H-pyrrole nitrogens is 2. The molecule has 5 heterocycles. The van der Waals surface area contributed by atoms with Gasteiger partial charge in [0.15, 0.2) is 28.8 Å². The van der Waals surface area contributed by atoms with Crippen molar-refractivity contribution >= 4 is 131 Å². The van der Waals surface area contributed by atoms with Crippen LogP contribution in [0, 0.1) is 45.3 Å². The van der Waals surface area contributed by atoms with Crippen molar-refractivity contribution in [3.8, 4) is 46.5 Å². The normalized spacial score (nSPS) is 12.4. The van der Waals surface area contributed by atoms with Gasteiger partial charge in [0.2, 0.25) is 0 Å². The molecular weight excluding hydrogens is 1080 g/mol. The molecule has 11 heteroatoms. The molecule has 17 rings (SSSR count). The van der Waals surface area contributed by atoms with Crippen molar-refractivity contribution in [2.75, 3.05) is 0 Å². The van der Waals surface area contributed by atoms with E-state index in [0.29, 0.717) is 44.5 Å². The topological polar surface area (TPSA) is 191 Å². The highest BCUT2D eigenvalue weighted by atomic mass is 15.0. The smallest absolute Gasteiger partial charge is 0.175 e. The molecular formula is C77H39N11. The van der Waals surface area contributed by atoms with E-state index in [1.165, 1.54) is 0 Å². The van der Waals surface area contributed by atoms with Gasteiger partial charge in [0.1, 0.15) is 46.6 Å². The molecule has 0 unspecified atom stereocenters. The second-order valence-electron chi connectivity index (χ2n) is 22.0. The van der Waals surface area contributed by atoms with Gasteiger partial charge in [-0.05, 0) is 139 Å². The Balaban J connectivity index is 1.08. The second kappa shape index (κ2) is 19.3. The summed E-state index contributed by atoms with van der Waals surface area (Å²) in [6.45, 7) is 0. The maximum atomic E-state index is 11.8. The lowest BCUT2D eigenvalue weighted by molar-refractivity contribution is 1.12. The fraction of sp³-hybridized carbons (Fsp3) is 0. The van der Waals surface area contributed by atoms with E-state index in [1.54, 1.807) is 6.07 Å². The Hall–Kier alpha value is -12.9. The minimum Gasteiger partial charge on any atom is -0.338 e. The highest BCUT2D eigenvalue weighted by Crippen LogP contribution is 2.46. The Morgan fingerprint density at radius 2 is 0.614 bits per heavy atom. The van der Waals surface area contributed by atoms with E-state index in [1.807, 2.05) is 140 Å². The van der Waals surface area contributed by atoms with Crippen LogP contribution in [0.5, 0.6) is 0 Å². The highest BCUT2D eigenvalue weighted by Gasteiger charge is 2.31. The Bertz CT molecular complexity index is 5760. The monoisotopic (exact) mass is 1120 g/mol. The number of rotatable bonds is 4. The van der Waals surface area contributed by atoms with Crippen molar-refractivity contribution < 1.29 is 0 Å². The predicted octanol–water partition coefficient (Wildman–Crippen LogP) is 17.8. The summed E-state index contributed by atoms with van der Waals surface area (Å²) in [5.74, 6) is 0.292. The number of benzene rings is 12. The van der Waals surface area contributed by atoms with Crippen molar-refractivity contribution in [1.29, 1.82) is 21.0 Å². The van der Waals surface area contributed by atoms with Crippen molar-refractivity contribution in [3.63, 3.8) is 0 Å². The van der Waals surface area contributed by atoms with E-state index in [4.69, 9.17) is 24.9 Å². The maximum absolute atomic E-state index is 11.8. The van der Waals surface area contributed by atoms with Crippen molar-refractivity contribution in [2.24, 2.45) is 0 Å². The maximum Gasteiger partial charge on any atom is 0.175 e. The van der Waals surface area contributed by atoms with Gasteiger partial charge in [0.25, 0.3) is 0 Å². The van der Waals surface area contributed by atoms with Gasteiger partial charge in [-0.2, -0.15) is 21.0 Å². The van der Waals surface area contributed by atoms with Gasteiger partial charge in [-0.15, -0.1) is 0 Å². The van der Waals surface area contributed by atoms with Crippen LogP contribution in [0.15, 0.2) is 224 Å². The lowest BCUT2D eigenvalue weighted by Crippen LogP contribution is -1.94. The number of nitrogens with one attached hydrogen (secondary N) is 2. The molecule has 0 radical (unpaired) electrons. The van der Waals surface area contributed by atoms with Gasteiger partial charge >= 0.3 is 0 Å². The molecule has 2 N–H and O–H groups in total.